The molecule has 3 nitrogen and oxygen atoms in total. The van der Waals surface area contributed by atoms with Gasteiger partial charge in [-0.25, -0.2) is 0 Å². The van der Waals surface area contributed by atoms with Crippen LogP contribution in [0.1, 0.15) is 58.3 Å². The molecule has 1 aromatic carbocycles. The van der Waals surface area contributed by atoms with Crippen LogP contribution in [0.3, 0.4) is 0 Å². The summed E-state index contributed by atoms with van der Waals surface area (Å²) in [7, 11) is -3.57. The second kappa shape index (κ2) is 12.9. The van der Waals surface area contributed by atoms with Gasteiger partial charge in [-0.1, -0.05) is 70.1 Å². The molecule has 0 spiro atoms. The molecule has 0 saturated heterocycles. The molecular formula is C16H28CaO3S. The molecule has 0 bridgehead atoms. The Hall–Kier alpha value is 0.390. The third-order valence-corrected chi connectivity index (χ3v) is 4.59. The third-order valence-electron chi connectivity index (χ3n) is 3.27. The van der Waals surface area contributed by atoms with Gasteiger partial charge in [-0.15, -0.1) is 0 Å². The molecule has 0 atom stereocenters. The van der Waals surface area contributed by atoms with Crippen molar-refractivity contribution < 1.29 is 12.6 Å². The van der Waals surface area contributed by atoms with Crippen molar-refractivity contribution in [2.24, 2.45) is 0 Å². The van der Waals surface area contributed by atoms with E-state index in [1.807, 2.05) is 0 Å². The van der Waals surface area contributed by atoms with E-state index in [-0.39, 0.29) is 49.2 Å². The quantitative estimate of drug-likeness (QED) is 0.351. The zero-order valence-corrected chi connectivity index (χ0v) is 13.2. The molecule has 0 saturated carbocycles. The van der Waals surface area contributed by atoms with Gasteiger partial charge in [0.15, 0.2) is 0 Å². The van der Waals surface area contributed by atoms with Crippen molar-refractivity contribution in [1.82, 2.24) is 0 Å². The van der Waals surface area contributed by atoms with Gasteiger partial charge in [-0.2, -0.15) is 8.42 Å². The summed E-state index contributed by atoms with van der Waals surface area (Å²) >= 11 is 0. The fourth-order valence-corrected chi connectivity index (χ4v) is 3.02. The molecule has 118 valence electrons. The minimum atomic E-state index is -3.57. The van der Waals surface area contributed by atoms with Crippen molar-refractivity contribution in [1.29, 1.82) is 0 Å². The summed E-state index contributed by atoms with van der Waals surface area (Å²) in [4.78, 5) is 0.236. The monoisotopic (exact) mass is 340 g/mol. The maximum absolute atomic E-state index is 11.8. The molecule has 0 unspecified atom stereocenters. The van der Waals surface area contributed by atoms with Gasteiger partial charge in [-0.05, 0) is 18.6 Å². The molecule has 0 radical (unpaired) electrons. The molecule has 0 aliphatic rings. The van der Waals surface area contributed by atoms with E-state index in [1.54, 1.807) is 30.3 Å². The summed E-state index contributed by atoms with van der Waals surface area (Å²) in [6, 6.07) is 8.31. The van der Waals surface area contributed by atoms with Crippen molar-refractivity contribution in [3.8, 4) is 0 Å². The average Bonchev–Trinajstić information content (AvgIpc) is 2.46. The molecule has 1 aromatic rings. The zero-order valence-electron chi connectivity index (χ0n) is 12.4. The first kappa shape index (κ1) is 21.4. The van der Waals surface area contributed by atoms with Gasteiger partial charge in [0.05, 0.1) is 11.5 Å². The van der Waals surface area contributed by atoms with Crippen LogP contribution in [0.2, 0.25) is 0 Å². The average molecular weight is 341 g/mol. The second-order valence-corrected chi connectivity index (χ2v) is 6.68. The Morgan fingerprint density at radius 3 is 1.95 bits per heavy atom. The standard InChI is InChI=1S/C16H26O3S.Ca.2H/c1-2-3-4-5-6-7-8-12-15-19-20(17,18)16-13-10-9-11-14-16;;;/h9-11,13-14H,2-8,12,15H2,1H3;;;. The van der Waals surface area contributed by atoms with Gasteiger partial charge in [0.25, 0.3) is 10.1 Å². The number of hydrogen-bond acceptors (Lipinski definition) is 3. The van der Waals surface area contributed by atoms with Crippen LogP contribution in [0.25, 0.3) is 0 Å². The van der Waals surface area contributed by atoms with Gasteiger partial charge in [0, 0.05) is 0 Å². The first-order valence-corrected chi connectivity index (χ1v) is 9.02. The molecule has 21 heavy (non-hydrogen) atoms. The molecule has 0 N–H and O–H groups in total. The number of unbranched alkanes of at least 4 members (excludes halogenated alkanes) is 7. The summed E-state index contributed by atoms with van der Waals surface area (Å²) in [6.45, 7) is 2.50. The summed E-state index contributed by atoms with van der Waals surface area (Å²) in [5.41, 5.74) is 0. The van der Waals surface area contributed by atoms with Crippen LogP contribution in [0, 0.1) is 0 Å². The molecular weight excluding hydrogens is 312 g/mol. The van der Waals surface area contributed by atoms with Crippen LogP contribution >= 0.6 is 0 Å². The van der Waals surface area contributed by atoms with E-state index in [1.165, 1.54) is 38.5 Å². The maximum atomic E-state index is 11.8. The number of benzene rings is 1. The second-order valence-electron chi connectivity index (χ2n) is 5.06. The van der Waals surface area contributed by atoms with Gasteiger partial charge < -0.3 is 0 Å². The van der Waals surface area contributed by atoms with Crippen molar-refractivity contribution >= 4 is 47.9 Å². The Kier molecular flexibility index (Phi) is 13.1. The topological polar surface area (TPSA) is 43.4 Å². The Bertz CT molecular complexity index is 446. The molecule has 0 heterocycles. The molecule has 1 rings (SSSR count). The Morgan fingerprint density at radius 2 is 1.38 bits per heavy atom. The Balaban J connectivity index is 0.00000400. The van der Waals surface area contributed by atoms with Crippen molar-refractivity contribution in [2.45, 2.75) is 63.2 Å². The van der Waals surface area contributed by atoms with Gasteiger partial charge >= 0.3 is 37.7 Å². The predicted octanol–water partition coefficient (Wildman–Crippen LogP) is 3.62. The van der Waals surface area contributed by atoms with E-state index in [0.29, 0.717) is 0 Å². The Labute approximate surface area is 159 Å². The van der Waals surface area contributed by atoms with E-state index < -0.39 is 10.1 Å². The van der Waals surface area contributed by atoms with Crippen molar-refractivity contribution in [3.05, 3.63) is 30.3 Å². The summed E-state index contributed by atoms with van der Waals surface area (Å²) in [6.07, 6.45) is 9.44. The van der Waals surface area contributed by atoms with Gasteiger partial charge in [-0.3, -0.25) is 4.18 Å². The first-order chi connectivity index (χ1) is 9.67. The minimum absolute atomic E-state index is 0. The molecule has 0 amide bonds. The predicted molar refractivity (Wildman–Crippen MR) is 90.7 cm³/mol. The van der Waals surface area contributed by atoms with E-state index in [4.69, 9.17) is 4.18 Å². The first-order valence-electron chi connectivity index (χ1n) is 7.61. The summed E-state index contributed by atoms with van der Waals surface area (Å²) in [5.74, 6) is 0. The van der Waals surface area contributed by atoms with Gasteiger partial charge in [0.1, 0.15) is 0 Å². The normalized spacial score (nSPS) is 11.1. The summed E-state index contributed by atoms with van der Waals surface area (Å²) < 4.78 is 28.7. The third kappa shape index (κ3) is 9.90. The van der Waals surface area contributed by atoms with E-state index in [9.17, 15) is 8.42 Å². The fraction of sp³-hybridized carbons (Fsp3) is 0.625. The van der Waals surface area contributed by atoms with Crippen molar-refractivity contribution in [2.75, 3.05) is 6.61 Å². The number of hydrogen-bond donors (Lipinski definition) is 0. The number of rotatable bonds is 11. The Morgan fingerprint density at radius 1 is 0.857 bits per heavy atom. The van der Waals surface area contributed by atoms with Crippen LogP contribution in [-0.2, 0) is 14.3 Å². The van der Waals surface area contributed by atoms with Gasteiger partial charge in [0.2, 0.25) is 0 Å². The van der Waals surface area contributed by atoms with Crippen molar-refractivity contribution in [3.63, 3.8) is 0 Å². The van der Waals surface area contributed by atoms with E-state index >= 15 is 0 Å². The zero-order chi connectivity index (χ0) is 14.7. The van der Waals surface area contributed by atoms with Crippen LogP contribution in [0.5, 0.6) is 0 Å². The SMILES string of the molecule is CCCCCCCCCCOS(=O)(=O)c1ccccc1.[CaH2]. The fourth-order valence-electron chi connectivity index (χ4n) is 2.06. The van der Waals surface area contributed by atoms with Crippen LogP contribution in [0.15, 0.2) is 35.2 Å². The molecule has 0 aliphatic heterocycles. The van der Waals surface area contributed by atoms with E-state index in [0.717, 1.165) is 12.8 Å². The molecule has 5 heteroatoms. The van der Waals surface area contributed by atoms with Crippen LogP contribution in [0.4, 0.5) is 0 Å². The molecule has 0 fully saturated rings. The van der Waals surface area contributed by atoms with Crippen LogP contribution in [-0.4, -0.2) is 52.8 Å². The molecule has 0 aliphatic carbocycles. The molecule has 0 aromatic heterocycles. The van der Waals surface area contributed by atoms with Crippen LogP contribution < -0.4 is 0 Å². The summed E-state index contributed by atoms with van der Waals surface area (Å²) in [5, 5.41) is 0. The van der Waals surface area contributed by atoms with E-state index in [2.05, 4.69) is 6.92 Å².